The molecule has 0 aromatic heterocycles. The predicted molar refractivity (Wildman–Crippen MR) is 48.5 cm³/mol. The molecule has 0 radical (unpaired) electrons. The van der Waals surface area contributed by atoms with Gasteiger partial charge < -0.3 is 10.6 Å². The van der Waals surface area contributed by atoms with Gasteiger partial charge in [0.05, 0.1) is 0 Å². The SMILES string of the molecule is CC(C)N1CCC[C@H](N)CC1. The lowest BCUT2D eigenvalue weighted by atomic mass is 10.1. The minimum atomic E-state index is 0.457. The molecule has 0 saturated carbocycles. The molecule has 0 aliphatic carbocycles. The first kappa shape index (κ1) is 9.01. The number of rotatable bonds is 1. The molecule has 1 rings (SSSR count). The third kappa shape index (κ3) is 2.80. The minimum absolute atomic E-state index is 0.457. The summed E-state index contributed by atoms with van der Waals surface area (Å²) in [7, 11) is 0. The second-order valence-corrected chi connectivity index (χ2v) is 3.82. The monoisotopic (exact) mass is 156 g/mol. The Bertz CT molecular complexity index is 112. The van der Waals surface area contributed by atoms with Crippen molar-refractivity contribution in [1.29, 1.82) is 0 Å². The molecule has 0 aromatic carbocycles. The van der Waals surface area contributed by atoms with Crippen LogP contribution in [-0.4, -0.2) is 30.1 Å². The topological polar surface area (TPSA) is 29.3 Å². The van der Waals surface area contributed by atoms with Crippen LogP contribution < -0.4 is 5.73 Å². The van der Waals surface area contributed by atoms with Gasteiger partial charge in [0.15, 0.2) is 0 Å². The summed E-state index contributed by atoms with van der Waals surface area (Å²) in [5.74, 6) is 0. The molecule has 0 unspecified atom stereocenters. The standard InChI is InChI=1S/C9H20N2/c1-8(2)11-6-3-4-9(10)5-7-11/h8-9H,3-7,10H2,1-2H3/t9-/m0/s1. The van der Waals surface area contributed by atoms with Crippen molar-refractivity contribution >= 4 is 0 Å². The van der Waals surface area contributed by atoms with E-state index in [0.717, 1.165) is 0 Å². The highest BCUT2D eigenvalue weighted by Gasteiger charge is 2.15. The van der Waals surface area contributed by atoms with Crippen molar-refractivity contribution in [1.82, 2.24) is 4.90 Å². The van der Waals surface area contributed by atoms with E-state index in [4.69, 9.17) is 5.73 Å². The van der Waals surface area contributed by atoms with E-state index in [9.17, 15) is 0 Å². The van der Waals surface area contributed by atoms with Gasteiger partial charge in [-0.15, -0.1) is 0 Å². The molecule has 0 spiro atoms. The quantitative estimate of drug-likeness (QED) is 0.618. The summed E-state index contributed by atoms with van der Waals surface area (Å²) in [5.41, 5.74) is 5.87. The summed E-state index contributed by atoms with van der Waals surface area (Å²) in [5, 5.41) is 0. The first-order chi connectivity index (χ1) is 5.20. The van der Waals surface area contributed by atoms with Gasteiger partial charge in [0.1, 0.15) is 0 Å². The third-order valence-electron chi connectivity index (χ3n) is 2.54. The molecule has 2 nitrogen and oxygen atoms in total. The highest BCUT2D eigenvalue weighted by Crippen LogP contribution is 2.11. The highest BCUT2D eigenvalue weighted by molar-refractivity contribution is 4.73. The smallest absolute Gasteiger partial charge is 0.00514 e. The summed E-state index contributed by atoms with van der Waals surface area (Å²) in [4.78, 5) is 2.52. The van der Waals surface area contributed by atoms with Gasteiger partial charge in [-0.3, -0.25) is 0 Å². The highest BCUT2D eigenvalue weighted by atomic mass is 15.1. The summed E-state index contributed by atoms with van der Waals surface area (Å²) < 4.78 is 0. The Balaban J connectivity index is 2.34. The van der Waals surface area contributed by atoms with Crippen LogP contribution >= 0.6 is 0 Å². The van der Waals surface area contributed by atoms with E-state index < -0.39 is 0 Å². The first-order valence-electron chi connectivity index (χ1n) is 4.70. The zero-order valence-electron chi connectivity index (χ0n) is 7.71. The molecular formula is C9H20N2. The maximum atomic E-state index is 5.87. The Morgan fingerprint density at radius 1 is 1.27 bits per heavy atom. The van der Waals surface area contributed by atoms with E-state index in [1.54, 1.807) is 0 Å². The van der Waals surface area contributed by atoms with Crippen molar-refractivity contribution in [3.8, 4) is 0 Å². The predicted octanol–water partition coefficient (Wildman–Crippen LogP) is 1.21. The lowest BCUT2D eigenvalue weighted by Gasteiger charge is -2.23. The van der Waals surface area contributed by atoms with Crippen molar-refractivity contribution < 1.29 is 0 Å². The average molecular weight is 156 g/mol. The van der Waals surface area contributed by atoms with Crippen molar-refractivity contribution in [3.05, 3.63) is 0 Å². The van der Waals surface area contributed by atoms with Crippen LogP contribution in [0.25, 0.3) is 0 Å². The average Bonchev–Trinajstić information content (AvgIpc) is 2.13. The van der Waals surface area contributed by atoms with Crippen LogP contribution in [0, 0.1) is 0 Å². The molecule has 0 aromatic rings. The fourth-order valence-electron chi connectivity index (χ4n) is 1.66. The molecule has 2 N–H and O–H groups in total. The molecular weight excluding hydrogens is 136 g/mol. The normalized spacial score (nSPS) is 28.9. The van der Waals surface area contributed by atoms with Crippen LogP contribution in [0.1, 0.15) is 33.1 Å². The lowest BCUT2D eigenvalue weighted by molar-refractivity contribution is 0.230. The number of nitrogens with zero attached hydrogens (tertiary/aromatic N) is 1. The summed E-state index contributed by atoms with van der Waals surface area (Å²) in [6, 6.07) is 1.15. The Morgan fingerprint density at radius 2 is 2.00 bits per heavy atom. The second-order valence-electron chi connectivity index (χ2n) is 3.82. The first-order valence-corrected chi connectivity index (χ1v) is 4.70. The summed E-state index contributed by atoms with van der Waals surface area (Å²) in [6.07, 6.45) is 3.67. The molecule has 1 aliphatic heterocycles. The van der Waals surface area contributed by atoms with Gasteiger partial charge in [-0.2, -0.15) is 0 Å². The Hall–Kier alpha value is -0.0800. The number of hydrogen-bond donors (Lipinski definition) is 1. The van der Waals surface area contributed by atoms with Crippen molar-refractivity contribution in [2.45, 2.75) is 45.2 Å². The maximum absolute atomic E-state index is 5.87. The number of nitrogens with two attached hydrogens (primary N) is 1. The van der Waals surface area contributed by atoms with Gasteiger partial charge in [-0.05, 0) is 46.2 Å². The minimum Gasteiger partial charge on any atom is -0.328 e. The van der Waals surface area contributed by atoms with Crippen LogP contribution in [0.2, 0.25) is 0 Å². The van der Waals surface area contributed by atoms with Crippen molar-refractivity contribution in [2.24, 2.45) is 5.73 Å². The van der Waals surface area contributed by atoms with Crippen LogP contribution in [0.15, 0.2) is 0 Å². The van der Waals surface area contributed by atoms with E-state index in [-0.39, 0.29) is 0 Å². The lowest BCUT2D eigenvalue weighted by Crippen LogP contribution is -2.32. The van der Waals surface area contributed by atoms with Crippen LogP contribution in [0.3, 0.4) is 0 Å². The second kappa shape index (κ2) is 4.07. The van der Waals surface area contributed by atoms with Crippen LogP contribution in [0.5, 0.6) is 0 Å². The van der Waals surface area contributed by atoms with Crippen molar-refractivity contribution in [3.63, 3.8) is 0 Å². The number of hydrogen-bond acceptors (Lipinski definition) is 2. The van der Waals surface area contributed by atoms with E-state index in [1.807, 2.05) is 0 Å². The molecule has 1 atom stereocenters. The van der Waals surface area contributed by atoms with Gasteiger partial charge in [-0.1, -0.05) is 0 Å². The van der Waals surface area contributed by atoms with Gasteiger partial charge in [0.25, 0.3) is 0 Å². The molecule has 1 saturated heterocycles. The molecule has 0 bridgehead atoms. The molecule has 1 aliphatic rings. The Kier molecular flexibility index (Phi) is 3.34. The van der Waals surface area contributed by atoms with Gasteiger partial charge in [0, 0.05) is 12.1 Å². The van der Waals surface area contributed by atoms with E-state index in [2.05, 4.69) is 18.7 Å². The van der Waals surface area contributed by atoms with Gasteiger partial charge >= 0.3 is 0 Å². The number of likely N-dealkylation sites (tertiary alicyclic amines) is 1. The van der Waals surface area contributed by atoms with Crippen LogP contribution in [-0.2, 0) is 0 Å². The van der Waals surface area contributed by atoms with Gasteiger partial charge in [0.2, 0.25) is 0 Å². The molecule has 66 valence electrons. The van der Waals surface area contributed by atoms with Crippen LogP contribution in [0.4, 0.5) is 0 Å². The van der Waals surface area contributed by atoms with E-state index in [1.165, 1.54) is 32.4 Å². The molecule has 11 heavy (non-hydrogen) atoms. The molecule has 0 amide bonds. The van der Waals surface area contributed by atoms with E-state index >= 15 is 0 Å². The Morgan fingerprint density at radius 3 is 2.64 bits per heavy atom. The summed E-state index contributed by atoms with van der Waals surface area (Å²) in [6.45, 7) is 6.96. The van der Waals surface area contributed by atoms with E-state index in [0.29, 0.717) is 12.1 Å². The maximum Gasteiger partial charge on any atom is 0.00514 e. The largest absolute Gasteiger partial charge is 0.328 e. The summed E-state index contributed by atoms with van der Waals surface area (Å²) >= 11 is 0. The van der Waals surface area contributed by atoms with Crippen molar-refractivity contribution in [2.75, 3.05) is 13.1 Å². The fourth-order valence-corrected chi connectivity index (χ4v) is 1.66. The fraction of sp³-hybridized carbons (Fsp3) is 1.00. The molecule has 1 heterocycles. The molecule has 2 heteroatoms. The zero-order chi connectivity index (χ0) is 8.27. The Labute approximate surface area is 69.8 Å². The zero-order valence-corrected chi connectivity index (χ0v) is 7.71. The third-order valence-corrected chi connectivity index (χ3v) is 2.54. The van der Waals surface area contributed by atoms with Gasteiger partial charge in [-0.25, -0.2) is 0 Å². The molecule has 1 fully saturated rings.